The van der Waals surface area contributed by atoms with Crippen LogP contribution in [0.25, 0.3) is 0 Å². The molecule has 1 aliphatic rings. The summed E-state index contributed by atoms with van der Waals surface area (Å²) in [5.74, 6) is 0. The Morgan fingerprint density at radius 2 is 2.23 bits per heavy atom. The normalized spacial score (nSPS) is 13.4. The van der Waals surface area contributed by atoms with Crippen LogP contribution >= 0.6 is 0 Å². The van der Waals surface area contributed by atoms with Crippen molar-refractivity contribution in [1.82, 2.24) is 4.98 Å². The molecular weight excluding hydrogens is 280 g/mol. The van der Waals surface area contributed by atoms with Crippen molar-refractivity contribution in [2.75, 3.05) is 4.90 Å². The van der Waals surface area contributed by atoms with Gasteiger partial charge in [-0.05, 0) is 30.5 Å². The summed E-state index contributed by atoms with van der Waals surface area (Å²) in [5, 5.41) is 20.2. The van der Waals surface area contributed by atoms with Gasteiger partial charge in [0, 0.05) is 37.1 Å². The number of aromatic nitrogens is 1. The van der Waals surface area contributed by atoms with Gasteiger partial charge in [-0.2, -0.15) is 5.26 Å². The summed E-state index contributed by atoms with van der Waals surface area (Å²) in [6, 6.07) is 10.8. The summed E-state index contributed by atoms with van der Waals surface area (Å²) in [6.45, 7) is 0.644. The van der Waals surface area contributed by atoms with E-state index in [-0.39, 0.29) is 5.69 Å². The molecule has 0 spiro atoms. The Labute approximate surface area is 127 Å². The Balaban J connectivity index is 1.95. The first kappa shape index (κ1) is 14.0. The van der Waals surface area contributed by atoms with Crippen LogP contribution in [0.4, 0.5) is 11.4 Å². The van der Waals surface area contributed by atoms with Crippen LogP contribution in [0.15, 0.2) is 42.7 Å². The number of benzene rings is 1. The minimum absolute atomic E-state index is 0.0579. The first-order valence-electron chi connectivity index (χ1n) is 7.03. The van der Waals surface area contributed by atoms with Gasteiger partial charge in [0.25, 0.3) is 5.69 Å². The SMILES string of the molecule is N#Cc1cc([N+](=O)[O-])ccc1N(Cc1cccnc1)C1CC1. The fourth-order valence-electron chi connectivity index (χ4n) is 2.46. The first-order chi connectivity index (χ1) is 10.7. The lowest BCUT2D eigenvalue weighted by Crippen LogP contribution is -2.26. The van der Waals surface area contributed by atoms with Crippen molar-refractivity contribution in [2.45, 2.75) is 25.4 Å². The quantitative estimate of drug-likeness (QED) is 0.625. The van der Waals surface area contributed by atoms with E-state index in [1.807, 2.05) is 12.1 Å². The number of nitro benzene ring substituents is 1. The molecule has 6 nitrogen and oxygen atoms in total. The summed E-state index contributed by atoms with van der Waals surface area (Å²) in [4.78, 5) is 16.6. The first-order valence-corrected chi connectivity index (χ1v) is 7.03. The largest absolute Gasteiger partial charge is 0.363 e. The van der Waals surface area contributed by atoms with Crippen molar-refractivity contribution < 1.29 is 4.92 Å². The number of hydrogen-bond donors (Lipinski definition) is 0. The van der Waals surface area contributed by atoms with Gasteiger partial charge in [0.05, 0.1) is 16.2 Å². The molecule has 0 radical (unpaired) electrons. The fourth-order valence-corrected chi connectivity index (χ4v) is 2.46. The molecule has 0 bridgehead atoms. The van der Waals surface area contributed by atoms with Crippen LogP contribution < -0.4 is 4.90 Å². The van der Waals surface area contributed by atoms with Gasteiger partial charge in [-0.25, -0.2) is 0 Å². The maximum atomic E-state index is 10.9. The molecule has 22 heavy (non-hydrogen) atoms. The number of nitrogens with zero attached hydrogens (tertiary/aromatic N) is 4. The maximum Gasteiger partial charge on any atom is 0.270 e. The third-order valence-corrected chi connectivity index (χ3v) is 3.68. The molecule has 1 fully saturated rings. The zero-order valence-corrected chi connectivity index (χ0v) is 11.8. The van der Waals surface area contributed by atoms with Crippen molar-refractivity contribution in [2.24, 2.45) is 0 Å². The Kier molecular flexibility index (Phi) is 3.71. The summed E-state index contributed by atoms with van der Waals surface area (Å²) in [5.41, 5.74) is 2.08. The lowest BCUT2D eigenvalue weighted by atomic mass is 10.1. The van der Waals surface area contributed by atoms with E-state index in [9.17, 15) is 15.4 Å². The van der Waals surface area contributed by atoms with E-state index in [0.717, 1.165) is 24.1 Å². The molecule has 2 aromatic rings. The highest BCUT2D eigenvalue weighted by molar-refractivity contribution is 5.64. The number of anilines is 1. The minimum Gasteiger partial charge on any atom is -0.363 e. The van der Waals surface area contributed by atoms with Gasteiger partial charge >= 0.3 is 0 Å². The molecule has 1 aliphatic carbocycles. The maximum absolute atomic E-state index is 10.9. The monoisotopic (exact) mass is 294 g/mol. The molecule has 1 aromatic carbocycles. The molecule has 0 saturated heterocycles. The van der Waals surface area contributed by atoms with Crippen molar-refractivity contribution in [3.05, 3.63) is 64.0 Å². The molecule has 3 rings (SSSR count). The Morgan fingerprint density at radius 1 is 1.41 bits per heavy atom. The van der Waals surface area contributed by atoms with Gasteiger partial charge in [0.15, 0.2) is 0 Å². The molecule has 1 heterocycles. The third-order valence-electron chi connectivity index (χ3n) is 3.68. The van der Waals surface area contributed by atoms with Gasteiger partial charge in [-0.1, -0.05) is 6.07 Å². The van der Waals surface area contributed by atoms with Gasteiger partial charge in [0.1, 0.15) is 6.07 Å². The second kappa shape index (κ2) is 5.82. The zero-order valence-electron chi connectivity index (χ0n) is 11.8. The molecule has 1 aromatic heterocycles. The van der Waals surface area contributed by atoms with E-state index >= 15 is 0 Å². The number of nitro groups is 1. The Morgan fingerprint density at radius 3 is 2.82 bits per heavy atom. The van der Waals surface area contributed by atoms with Crippen LogP contribution in [0.1, 0.15) is 24.0 Å². The second-order valence-electron chi connectivity index (χ2n) is 5.29. The summed E-state index contributed by atoms with van der Waals surface area (Å²) in [7, 11) is 0. The van der Waals surface area contributed by atoms with Crippen molar-refractivity contribution in [3.63, 3.8) is 0 Å². The number of pyridine rings is 1. The molecule has 1 saturated carbocycles. The lowest BCUT2D eigenvalue weighted by molar-refractivity contribution is -0.384. The fraction of sp³-hybridized carbons (Fsp3) is 0.250. The van der Waals surface area contributed by atoms with Gasteiger partial charge in [-0.15, -0.1) is 0 Å². The van der Waals surface area contributed by atoms with Gasteiger partial charge in [0.2, 0.25) is 0 Å². The highest BCUT2D eigenvalue weighted by atomic mass is 16.6. The predicted molar refractivity (Wildman–Crippen MR) is 81.3 cm³/mol. The van der Waals surface area contributed by atoms with E-state index in [2.05, 4.69) is 16.0 Å². The Hall–Kier alpha value is -2.94. The van der Waals surface area contributed by atoms with E-state index in [0.29, 0.717) is 18.2 Å². The van der Waals surface area contributed by atoms with Crippen molar-refractivity contribution in [1.29, 1.82) is 5.26 Å². The van der Waals surface area contributed by atoms with Crippen LogP contribution in [0, 0.1) is 21.4 Å². The summed E-state index contributed by atoms with van der Waals surface area (Å²) in [6.07, 6.45) is 5.66. The average molecular weight is 294 g/mol. The van der Waals surface area contributed by atoms with Gasteiger partial charge in [-0.3, -0.25) is 15.1 Å². The molecule has 0 amide bonds. The summed E-state index contributed by atoms with van der Waals surface area (Å²) < 4.78 is 0. The number of nitriles is 1. The van der Waals surface area contributed by atoms with Crippen LogP contribution in [0.5, 0.6) is 0 Å². The average Bonchev–Trinajstić information content (AvgIpc) is 3.38. The molecule has 0 N–H and O–H groups in total. The third kappa shape index (κ3) is 2.88. The smallest absolute Gasteiger partial charge is 0.270 e. The highest BCUT2D eigenvalue weighted by Crippen LogP contribution is 2.35. The zero-order chi connectivity index (χ0) is 15.5. The second-order valence-corrected chi connectivity index (χ2v) is 5.29. The lowest BCUT2D eigenvalue weighted by Gasteiger charge is -2.25. The van der Waals surface area contributed by atoms with Crippen LogP contribution in [0.2, 0.25) is 0 Å². The molecule has 110 valence electrons. The van der Waals surface area contributed by atoms with E-state index in [4.69, 9.17) is 0 Å². The Bertz CT molecular complexity index is 736. The standard InChI is InChI=1S/C16H14N4O2/c17-9-13-8-15(20(21)22)5-6-16(13)19(14-3-4-14)11-12-2-1-7-18-10-12/h1-2,5-8,10,14H,3-4,11H2. The van der Waals surface area contributed by atoms with Gasteiger partial charge < -0.3 is 4.90 Å². The van der Waals surface area contributed by atoms with Crippen LogP contribution in [-0.4, -0.2) is 15.9 Å². The number of non-ortho nitro benzene ring substituents is 1. The molecule has 0 unspecified atom stereocenters. The molecular formula is C16H14N4O2. The topological polar surface area (TPSA) is 83.1 Å². The van der Waals surface area contributed by atoms with Crippen LogP contribution in [-0.2, 0) is 6.54 Å². The number of hydrogen-bond acceptors (Lipinski definition) is 5. The van der Waals surface area contributed by atoms with E-state index in [1.54, 1.807) is 18.5 Å². The predicted octanol–water partition coefficient (Wildman–Crippen LogP) is 3.03. The van der Waals surface area contributed by atoms with E-state index in [1.165, 1.54) is 12.1 Å². The molecule has 6 heteroatoms. The van der Waals surface area contributed by atoms with E-state index < -0.39 is 4.92 Å². The number of rotatable bonds is 5. The van der Waals surface area contributed by atoms with Crippen molar-refractivity contribution >= 4 is 11.4 Å². The molecule has 0 atom stereocenters. The summed E-state index contributed by atoms with van der Waals surface area (Å²) >= 11 is 0. The highest BCUT2D eigenvalue weighted by Gasteiger charge is 2.31. The molecule has 0 aliphatic heterocycles. The minimum atomic E-state index is -0.479. The van der Waals surface area contributed by atoms with Crippen LogP contribution in [0.3, 0.4) is 0 Å². The van der Waals surface area contributed by atoms with Crippen molar-refractivity contribution in [3.8, 4) is 6.07 Å².